The fourth-order valence-corrected chi connectivity index (χ4v) is 3.43. The third-order valence-electron chi connectivity index (χ3n) is 3.79. The lowest BCUT2D eigenvalue weighted by Crippen LogP contribution is -2.12. The van der Waals surface area contributed by atoms with E-state index in [9.17, 15) is 4.79 Å². The Morgan fingerprint density at radius 3 is 2.52 bits per heavy atom. The molecule has 0 atom stereocenters. The second-order valence-electron chi connectivity index (χ2n) is 5.44. The van der Waals surface area contributed by atoms with E-state index in [2.05, 4.69) is 5.32 Å². The van der Waals surface area contributed by atoms with E-state index < -0.39 is 0 Å². The van der Waals surface area contributed by atoms with E-state index in [0.717, 1.165) is 34.7 Å². The maximum absolute atomic E-state index is 12.1. The summed E-state index contributed by atoms with van der Waals surface area (Å²) in [6.45, 7) is 1.95. The number of nitrogens with one attached hydrogen (secondary N) is 1. The van der Waals surface area contributed by atoms with Crippen LogP contribution in [0.5, 0.6) is 5.75 Å². The van der Waals surface area contributed by atoms with Gasteiger partial charge in [0.25, 0.3) is 5.91 Å². The fraction of sp³-hybridized carbons (Fsp3) is 0.353. The van der Waals surface area contributed by atoms with Gasteiger partial charge in [-0.05, 0) is 73.9 Å². The van der Waals surface area contributed by atoms with Gasteiger partial charge in [-0.3, -0.25) is 4.79 Å². The number of carbonyl (C=O) groups excluding carboxylic acids is 1. The third-order valence-corrected chi connectivity index (χ3v) is 4.80. The smallest absolute Gasteiger partial charge is 0.265 e. The molecule has 0 spiro atoms. The highest BCUT2D eigenvalue weighted by Crippen LogP contribution is 2.25. The number of aryl methyl sites for hydroxylation is 1. The van der Waals surface area contributed by atoms with Crippen LogP contribution in [-0.2, 0) is 0 Å². The monoisotopic (exact) mass is 301 g/mol. The van der Waals surface area contributed by atoms with Gasteiger partial charge in [0, 0.05) is 5.69 Å². The average Bonchev–Trinajstić information content (AvgIpc) is 3.12. The van der Waals surface area contributed by atoms with Gasteiger partial charge in [-0.1, -0.05) is 0 Å². The van der Waals surface area contributed by atoms with Crippen LogP contribution >= 0.6 is 11.3 Å². The first-order chi connectivity index (χ1) is 10.2. The number of ether oxygens (including phenoxy) is 1. The Hall–Kier alpha value is -1.81. The van der Waals surface area contributed by atoms with E-state index in [-0.39, 0.29) is 5.91 Å². The largest absolute Gasteiger partial charge is 0.490 e. The first-order valence-electron chi connectivity index (χ1n) is 7.34. The van der Waals surface area contributed by atoms with Crippen LogP contribution < -0.4 is 10.1 Å². The van der Waals surface area contributed by atoms with Gasteiger partial charge in [0.05, 0.1) is 11.0 Å². The third kappa shape index (κ3) is 3.45. The number of thiophene rings is 1. The number of anilines is 1. The molecule has 0 unspecified atom stereocenters. The molecule has 2 aromatic rings. The van der Waals surface area contributed by atoms with E-state index in [1.165, 1.54) is 24.2 Å². The number of amides is 1. The van der Waals surface area contributed by atoms with Gasteiger partial charge >= 0.3 is 0 Å². The zero-order valence-corrected chi connectivity index (χ0v) is 12.9. The summed E-state index contributed by atoms with van der Waals surface area (Å²) in [4.78, 5) is 12.9. The first kappa shape index (κ1) is 14.1. The Labute approximate surface area is 129 Å². The lowest BCUT2D eigenvalue weighted by atomic mass is 10.2. The van der Waals surface area contributed by atoms with Crippen molar-refractivity contribution in [3.8, 4) is 5.75 Å². The molecule has 0 bridgehead atoms. The van der Waals surface area contributed by atoms with Crippen LogP contribution in [0.2, 0.25) is 0 Å². The van der Waals surface area contributed by atoms with E-state index in [1.54, 1.807) is 0 Å². The maximum atomic E-state index is 12.1. The summed E-state index contributed by atoms with van der Waals surface area (Å²) in [6, 6.07) is 9.60. The normalized spacial score (nSPS) is 15.1. The van der Waals surface area contributed by atoms with Crippen molar-refractivity contribution in [3.63, 3.8) is 0 Å². The fourth-order valence-electron chi connectivity index (χ4n) is 2.61. The van der Waals surface area contributed by atoms with Gasteiger partial charge in [-0.25, -0.2) is 0 Å². The SMILES string of the molecule is Cc1ccsc1C(=O)Nc1ccc(OC2CCCC2)cc1. The first-order valence-corrected chi connectivity index (χ1v) is 8.22. The van der Waals surface area contributed by atoms with E-state index in [0.29, 0.717) is 6.10 Å². The molecule has 1 aliphatic rings. The predicted octanol–water partition coefficient (Wildman–Crippen LogP) is 4.63. The van der Waals surface area contributed by atoms with Crippen LogP contribution in [0, 0.1) is 6.92 Å². The molecule has 1 fully saturated rings. The Balaban J connectivity index is 1.61. The Kier molecular flexibility index (Phi) is 4.25. The molecule has 21 heavy (non-hydrogen) atoms. The molecular weight excluding hydrogens is 282 g/mol. The van der Waals surface area contributed by atoms with Crippen molar-refractivity contribution in [2.75, 3.05) is 5.32 Å². The zero-order valence-electron chi connectivity index (χ0n) is 12.1. The molecule has 1 aromatic carbocycles. The number of hydrogen-bond acceptors (Lipinski definition) is 3. The molecule has 0 saturated heterocycles. The van der Waals surface area contributed by atoms with Crippen LogP contribution in [0.4, 0.5) is 5.69 Å². The number of carbonyl (C=O) groups is 1. The van der Waals surface area contributed by atoms with Crippen molar-refractivity contribution >= 4 is 22.9 Å². The van der Waals surface area contributed by atoms with Gasteiger partial charge < -0.3 is 10.1 Å². The predicted molar refractivity (Wildman–Crippen MR) is 86.3 cm³/mol. The number of benzene rings is 1. The van der Waals surface area contributed by atoms with Crippen LogP contribution in [0.1, 0.15) is 40.9 Å². The molecule has 0 radical (unpaired) electrons. The molecular formula is C17H19NO2S. The molecule has 1 aliphatic carbocycles. The van der Waals surface area contributed by atoms with Crippen LogP contribution in [0.25, 0.3) is 0 Å². The standard InChI is InChI=1S/C17H19NO2S/c1-12-10-11-21-16(12)17(19)18-13-6-8-15(9-7-13)20-14-4-2-3-5-14/h6-11,14H,2-5H2,1H3,(H,18,19). The van der Waals surface area contributed by atoms with E-state index in [1.807, 2.05) is 42.6 Å². The summed E-state index contributed by atoms with van der Waals surface area (Å²) in [5, 5.41) is 4.86. The molecule has 1 amide bonds. The molecule has 3 rings (SSSR count). The number of hydrogen-bond donors (Lipinski definition) is 1. The summed E-state index contributed by atoms with van der Waals surface area (Å²) in [5.41, 5.74) is 1.81. The highest BCUT2D eigenvalue weighted by molar-refractivity contribution is 7.12. The Bertz CT molecular complexity index is 612. The van der Waals surface area contributed by atoms with E-state index >= 15 is 0 Å². The highest BCUT2D eigenvalue weighted by Gasteiger charge is 2.16. The maximum Gasteiger partial charge on any atom is 0.265 e. The topological polar surface area (TPSA) is 38.3 Å². The van der Waals surface area contributed by atoms with Crippen molar-refractivity contribution in [1.29, 1.82) is 0 Å². The zero-order chi connectivity index (χ0) is 14.7. The number of rotatable bonds is 4. The minimum Gasteiger partial charge on any atom is -0.490 e. The summed E-state index contributed by atoms with van der Waals surface area (Å²) >= 11 is 1.46. The van der Waals surface area contributed by atoms with Gasteiger partial charge in [-0.15, -0.1) is 11.3 Å². The summed E-state index contributed by atoms with van der Waals surface area (Å²) in [7, 11) is 0. The van der Waals surface area contributed by atoms with Gasteiger partial charge in [0.15, 0.2) is 0 Å². The Morgan fingerprint density at radius 2 is 1.90 bits per heavy atom. The average molecular weight is 301 g/mol. The molecule has 1 heterocycles. The molecule has 110 valence electrons. The molecule has 0 aliphatic heterocycles. The minimum absolute atomic E-state index is 0.0491. The highest BCUT2D eigenvalue weighted by atomic mass is 32.1. The van der Waals surface area contributed by atoms with Crippen LogP contribution in [0.15, 0.2) is 35.7 Å². The molecule has 4 heteroatoms. The van der Waals surface area contributed by atoms with Crippen molar-refractivity contribution in [2.45, 2.75) is 38.7 Å². The molecule has 1 aromatic heterocycles. The molecule has 1 saturated carbocycles. The van der Waals surface area contributed by atoms with Gasteiger partial charge in [0.2, 0.25) is 0 Å². The van der Waals surface area contributed by atoms with Gasteiger partial charge in [-0.2, -0.15) is 0 Å². The van der Waals surface area contributed by atoms with Crippen LogP contribution in [0.3, 0.4) is 0 Å². The Morgan fingerprint density at radius 1 is 1.19 bits per heavy atom. The van der Waals surface area contributed by atoms with Crippen molar-refractivity contribution in [3.05, 3.63) is 46.2 Å². The summed E-state index contributed by atoms with van der Waals surface area (Å²) < 4.78 is 5.92. The van der Waals surface area contributed by atoms with Crippen molar-refractivity contribution in [1.82, 2.24) is 0 Å². The van der Waals surface area contributed by atoms with Crippen molar-refractivity contribution in [2.24, 2.45) is 0 Å². The summed E-state index contributed by atoms with van der Waals surface area (Å²) in [6.07, 6.45) is 5.18. The minimum atomic E-state index is -0.0491. The second kappa shape index (κ2) is 6.31. The quantitative estimate of drug-likeness (QED) is 0.894. The van der Waals surface area contributed by atoms with Gasteiger partial charge in [0.1, 0.15) is 5.75 Å². The van der Waals surface area contributed by atoms with E-state index in [4.69, 9.17) is 4.74 Å². The second-order valence-corrected chi connectivity index (χ2v) is 6.35. The summed E-state index contributed by atoms with van der Waals surface area (Å²) in [5.74, 6) is 0.833. The van der Waals surface area contributed by atoms with Crippen molar-refractivity contribution < 1.29 is 9.53 Å². The lowest BCUT2D eigenvalue weighted by molar-refractivity contribution is 0.103. The molecule has 1 N–H and O–H groups in total. The lowest BCUT2D eigenvalue weighted by Gasteiger charge is -2.13. The molecule has 3 nitrogen and oxygen atoms in total. The van der Waals surface area contributed by atoms with Crippen LogP contribution in [-0.4, -0.2) is 12.0 Å².